The SMILES string of the molecule is CC/C=C\C/C=C\C/C=C\C/C=C\C/C=C\C/C=C\CCCCCCCCCCCCC(=O)OCC(COC(=O)CCCCCCC/C=C\CCCC)OC(=O)CCCCCCCCCCCCCC/C=C\C/C=C\C/C=C\C/C=C\CC. The summed E-state index contributed by atoms with van der Waals surface area (Å²) in [5, 5.41) is 0. The van der Waals surface area contributed by atoms with E-state index in [0.717, 1.165) is 128 Å². The molecule has 1 atom stereocenters. The van der Waals surface area contributed by atoms with E-state index in [4.69, 9.17) is 14.2 Å². The molecule has 472 valence electrons. The lowest BCUT2D eigenvalue weighted by Crippen LogP contribution is -2.30. The minimum atomic E-state index is -0.789. The number of allylic oxidation sites excluding steroid dienone is 22. The van der Waals surface area contributed by atoms with Crippen molar-refractivity contribution in [3.05, 3.63) is 134 Å². The van der Waals surface area contributed by atoms with E-state index in [2.05, 4.69) is 154 Å². The van der Waals surface area contributed by atoms with E-state index >= 15 is 0 Å². The Morgan fingerprint density at radius 1 is 0.253 bits per heavy atom. The molecule has 0 heterocycles. The number of carbonyl (C=O) groups is 3. The van der Waals surface area contributed by atoms with Crippen molar-refractivity contribution in [2.75, 3.05) is 13.2 Å². The van der Waals surface area contributed by atoms with Crippen LogP contribution in [-0.4, -0.2) is 37.2 Å². The first-order chi connectivity index (χ1) is 41.0. The van der Waals surface area contributed by atoms with Gasteiger partial charge in [0.2, 0.25) is 0 Å². The molecule has 0 aromatic heterocycles. The van der Waals surface area contributed by atoms with Crippen molar-refractivity contribution >= 4 is 17.9 Å². The van der Waals surface area contributed by atoms with Crippen LogP contribution in [0.25, 0.3) is 0 Å². The highest BCUT2D eigenvalue weighted by molar-refractivity contribution is 5.71. The fourth-order valence-corrected chi connectivity index (χ4v) is 9.48. The number of rotatable bonds is 62. The van der Waals surface area contributed by atoms with Crippen molar-refractivity contribution in [1.29, 1.82) is 0 Å². The Hall–Kier alpha value is -4.45. The molecule has 0 aromatic carbocycles. The summed E-state index contributed by atoms with van der Waals surface area (Å²) in [7, 11) is 0. The van der Waals surface area contributed by atoms with Gasteiger partial charge in [-0.2, -0.15) is 0 Å². The summed E-state index contributed by atoms with van der Waals surface area (Å²) in [4.78, 5) is 38.4. The normalized spacial score (nSPS) is 13.0. The lowest BCUT2D eigenvalue weighted by atomic mass is 10.0. The topological polar surface area (TPSA) is 78.9 Å². The van der Waals surface area contributed by atoms with Gasteiger partial charge in [0, 0.05) is 19.3 Å². The van der Waals surface area contributed by atoms with Crippen molar-refractivity contribution < 1.29 is 28.6 Å². The molecule has 0 spiro atoms. The van der Waals surface area contributed by atoms with Crippen LogP contribution < -0.4 is 0 Å². The van der Waals surface area contributed by atoms with Gasteiger partial charge in [0.05, 0.1) is 0 Å². The van der Waals surface area contributed by atoms with E-state index in [1.54, 1.807) is 0 Å². The van der Waals surface area contributed by atoms with E-state index in [1.807, 2.05) is 0 Å². The molecule has 0 amide bonds. The number of carbonyl (C=O) groups excluding carboxylic acids is 3. The summed E-state index contributed by atoms with van der Waals surface area (Å²) in [6.07, 6.45) is 99.0. The highest BCUT2D eigenvalue weighted by Gasteiger charge is 2.19. The van der Waals surface area contributed by atoms with E-state index in [9.17, 15) is 14.4 Å². The van der Waals surface area contributed by atoms with E-state index in [1.165, 1.54) is 148 Å². The van der Waals surface area contributed by atoms with Crippen molar-refractivity contribution in [2.45, 2.75) is 322 Å². The molecule has 0 rings (SSSR count). The molecule has 0 N–H and O–H groups in total. The highest BCUT2D eigenvalue weighted by atomic mass is 16.6. The van der Waals surface area contributed by atoms with Crippen molar-refractivity contribution in [3.8, 4) is 0 Å². The van der Waals surface area contributed by atoms with Crippen molar-refractivity contribution in [3.63, 3.8) is 0 Å². The molecule has 0 saturated heterocycles. The number of ether oxygens (including phenoxy) is 3. The summed E-state index contributed by atoms with van der Waals surface area (Å²) in [6, 6.07) is 0. The van der Waals surface area contributed by atoms with E-state index in [0.29, 0.717) is 19.3 Å². The molecule has 0 radical (unpaired) electrons. The van der Waals surface area contributed by atoms with Crippen LogP contribution in [0.1, 0.15) is 316 Å². The van der Waals surface area contributed by atoms with Gasteiger partial charge in [-0.25, -0.2) is 0 Å². The molecular weight excluding hydrogens is 1020 g/mol. The zero-order chi connectivity index (χ0) is 59.9. The molecular formula is C77H128O6. The molecule has 0 aliphatic heterocycles. The molecule has 0 bridgehead atoms. The van der Waals surface area contributed by atoms with Gasteiger partial charge in [-0.3, -0.25) is 14.4 Å². The number of hydrogen-bond acceptors (Lipinski definition) is 6. The average molecular weight is 1150 g/mol. The maximum absolute atomic E-state index is 12.9. The number of hydrogen-bond donors (Lipinski definition) is 0. The van der Waals surface area contributed by atoms with Gasteiger partial charge < -0.3 is 14.2 Å². The Morgan fingerprint density at radius 2 is 0.470 bits per heavy atom. The van der Waals surface area contributed by atoms with Crippen molar-refractivity contribution in [2.24, 2.45) is 0 Å². The van der Waals surface area contributed by atoms with Crippen LogP contribution in [0.4, 0.5) is 0 Å². The molecule has 0 aliphatic carbocycles. The van der Waals surface area contributed by atoms with Gasteiger partial charge in [0.1, 0.15) is 13.2 Å². The highest BCUT2D eigenvalue weighted by Crippen LogP contribution is 2.16. The third kappa shape index (κ3) is 68.2. The molecule has 0 fully saturated rings. The lowest BCUT2D eigenvalue weighted by Gasteiger charge is -2.18. The fraction of sp³-hybridized carbons (Fsp3) is 0.675. The molecule has 0 saturated carbocycles. The molecule has 83 heavy (non-hydrogen) atoms. The van der Waals surface area contributed by atoms with Gasteiger partial charge in [-0.05, 0) is 128 Å². The summed E-state index contributed by atoms with van der Waals surface area (Å²) in [5.74, 6) is -0.894. The Balaban J connectivity index is 4.26. The van der Waals surface area contributed by atoms with Crippen LogP contribution in [0.15, 0.2) is 134 Å². The second kappa shape index (κ2) is 70.0. The Labute approximate surface area is 513 Å². The van der Waals surface area contributed by atoms with Gasteiger partial charge in [0.25, 0.3) is 0 Å². The second-order valence-electron chi connectivity index (χ2n) is 22.7. The predicted octanol–water partition coefficient (Wildman–Crippen LogP) is 24.1. The quantitative estimate of drug-likeness (QED) is 0.0261. The molecule has 6 heteroatoms. The Kier molecular flexibility index (Phi) is 66.3. The third-order valence-corrected chi connectivity index (χ3v) is 14.6. The van der Waals surface area contributed by atoms with Gasteiger partial charge in [-0.1, -0.05) is 302 Å². The van der Waals surface area contributed by atoms with Crippen LogP contribution in [0.3, 0.4) is 0 Å². The summed E-state index contributed by atoms with van der Waals surface area (Å²) < 4.78 is 16.9. The summed E-state index contributed by atoms with van der Waals surface area (Å²) >= 11 is 0. The molecule has 0 aromatic rings. The monoisotopic (exact) mass is 1150 g/mol. The Morgan fingerprint density at radius 3 is 0.747 bits per heavy atom. The van der Waals surface area contributed by atoms with E-state index < -0.39 is 6.10 Å². The zero-order valence-corrected chi connectivity index (χ0v) is 54.2. The average Bonchev–Trinajstić information content (AvgIpc) is 3.48. The third-order valence-electron chi connectivity index (χ3n) is 14.6. The summed E-state index contributed by atoms with van der Waals surface area (Å²) in [5.41, 5.74) is 0. The second-order valence-corrected chi connectivity index (χ2v) is 22.7. The lowest BCUT2D eigenvalue weighted by molar-refractivity contribution is -0.167. The van der Waals surface area contributed by atoms with Crippen LogP contribution in [0, 0.1) is 0 Å². The first-order valence-electron chi connectivity index (χ1n) is 34.7. The van der Waals surface area contributed by atoms with Gasteiger partial charge in [-0.15, -0.1) is 0 Å². The molecule has 6 nitrogen and oxygen atoms in total. The minimum Gasteiger partial charge on any atom is -0.462 e. The summed E-state index contributed by atoms with van der Waals surface area (Å²) in [6.45, 7) is 6.38. The van der Waals surface area contributed by atoms with Crippen LogP contribution in [0.5, 0.6) is 0 Å². The van der Waals surface area contributed by atoms with Gasteiger partial charge >= 0.3 is 17.9 Å². The number of esters is 3. The maximum Gasteiger partial charge on any atom is 0.306 e. The fourth-order valence-electron chi connectivity index (χ4n) is 9.48. The predicted molar refractivity (Wildman–Crippen MR) is 362 cm³/mol. The van der Waals surface area contributed by atoms with Gasteiger partial charge in [0.15, 0.2) is 6.10 Å². The number of unbranched alkanes of at least 4 members (excludes halogenated alkanes) is 29. The van der Waals surface area contributed by atoms with Crippen LogP contribution >= 0.6 is 0 Å². The maximum atomic E-state index is 12.9. The smallest absolute Gasteiger partial charge is 0.306 e. The Bertz CT molecular complexity index is 1750. The standard InChI is InChI=1S/C77H128O6/c1-4-7-10-13-16-19-22-24-26-28-30-32-34-36-37-38-39-41-42-44-46-48-50-52-55-58-61-64-67-70-76(79)82-73-74(72-81-75(78)69-66-63-60-57-54-21-18-15-12-9-6-3)83-77(80)71-68-65-62-59-56-53-51-49-47-45-43-40-35-33-31-29-27-25-23-20-17-14-11-8-5-2/h7-8,10-11,15-20,24-27,30-33,36-37,39,41,74H,4-6,9,12-14,21-23,28-29,34-35,38,40,42-73H2,1-3H3/b10-7-,11-8-,18-15-,19-16-,20-17-,26-24-,27-25-,32-30-,33-31-,37-36-,41-39-. The minimum absolute atomic E-state index is 0.0852. The first kappa shape index (κ1) is 78.5. The van der Waals surface area contributed by atoms with Crippen LogP contribution in [-0.2, 0) is 28.6 Å². The largest absolute Gasteiger partial charge is 0.462 e. The van der Waals surface area contributed by atoms with E-state index in [-0.39, 0.29) is 31.1 Å². The zero-order valence-electron chi connectivity index (χ0n) is 54.2. The van der Waals surface area contributed by atoms with Crippen LogP contribution in [0.2, 0.25) is 0 Å². The molecule has 0 aliphatic rings. The molecule has 1 unspecified atom stereocenters. The first-order valence-corrected chi connectivity index (χ1v) is 34.7. The van der Waals surface area contributed by atoms with Crippen molar-refractivity contribution in [1.82, 2.24) is 0 Å².